The van der Waals surface area contributed by atoms with Crippen molar-refractivity contribution in [3.05, 3.63) is 78.1 Å². The Kier molecular flexibility index (Phi) is 7.62. The number of pyridine rings is 1. The topological polar surface area (TPSA) is 98.7 Å². The number of hydrogen-bond donors (Lipinski definition) is 0. The minimum atomic E-state index is -3.48. The zero-order valence-electron chi connectivity index (χ0n) is 19.4. The third kappa shape index (κ3) is 5.95. The van der Waals surface area contributed by atoms with Gasteiger partial charge in [0.2, 0.25) is 5.91 Å². The summed E-state index contributed by atoms with van der Waals surface area (Å²) in [6, 6.07) is 17.9. The maximum atomic E-state index is 13.4. The molecule has 0 bridgehead atoms. The molecule has 0 fully saturated rings. The first-order valence-corrected chi connectivity index (χ1v) is 13.5. The van der Waals surface area contributed by atoms with Crippen LogP contribution >= 0.6 is 11.3 Å². The second-order valence-electron chi connectivity index (χ2n) is 7.77. The van der Waals surface area contributed by atoms with Gasteiger partial charge in [0.05, 0.1) is 38.0 Å². The summed E-state index contributed by atoms with van der Waals surface area (Å²) in [6.07, 6.45) is 1.47. The lowest BCUT2D eigenvalue weighted by Crippen LogP contribution is -2.32. The van der Waals surface area contributed by atoms with Gasteiger partial charge in [0, 0.05) is 12.6 Å². The van der Waals surface area contributed by atoms with Gasteiger partial charge in [-0.2, -0.15) is 0 Å². The molecule has 2 aromatic carbocycles. The molecule has 0 N–H and O–H groups in total. The molecule has 0 spiro atoms. The van der Waals surface area contributed by atoms with Crippen LogP contribution in [0.15, 0.2) is 66.9 Å². The zero-order chi connectivity index (χ0) is 24.8. The molecule has 1 amide bonds. The Morgan fingerprint density at radius 1 is 0.971 bits per heavy atom. The number of methoxy groups -OCH3 is 2. The Labute approximate surface area is 208 Å². The van der Waals surface area contributed by atoms with Crippen LogP contribution in [-0.2, 0) is 26.9 Å². The smallest absolute Gasteiger partial charge is 0.230 e. The molecule has 0 atom stereocenters. The summed E-state index contributed by atoms with van der Waals surface area (Å²) in [6.45, 7) is 0.156. The number of sulfone groups is 1. The van der Waals surface area contributed by atoms with E-state index in [1.54, 1.807) is 68.9 Å². The molecule has 4 rings (SSSR count). The van der Waals surface area contributed by atoms with Gasteiger partial charge in [-0.25, -0.2) is 13.4 Å². The molecule has 0 radical (unpaired) electrons. The van der Waals surface area contributed by atoms with Gasteiger partial charge in [0.25, 0.3) is 0 Å². The third-order valence-corrected chi connectivity index (χ3v) is 8.03. The van der Waals surface area contributed by atoms with Gasteiger partial charge in [-0.15, -0.1) is 0 Å². The van der Waals surface area contributed by atoms with Crippen LogP contribution < -0.4 is 14.4 Å². The summed E-state index contributed by atoms with van der Waals surface area (Å²) in [7, 11) is -0.370. The molecule has 0 unspecified atom stereocenters. The summed E-state index contributed by atoms with van der Waals surface area (Å²) in [5.74, 6) is 0.428. The van der Waals surface area contributed by atoms with E-state index >= 15 is 0 Å². The molecule has 0 aliphatic rings. The van der Waals surface area contributed by atoms with E-state index in [4.69, 9.17) is 9.47 Å². The molecule has 10 heteroatoms. The average molecular weight is 512 g/mol. The molecule has 0 saturated heterocycles. The van der Waals surface area contributed by atoms with Crippen molar-refractivity contribution in [1.29, 1.82) is 0 Å². The van der Waals surface area contributed by atoms with Crippen molar-refractivity contribution in [2.24, 2.45) is 0 Å². The molecular formula is C25H25N3O5S2. The number of thiazole rings is 1. The van der Waals surface area contributed by atoms with Crippen LogP contribution in [0.2, 0.25) is 0 Å². The first-order valence-electron chi connectivity index (χ1n) is 10.9. The number of nitrogens with zero attached hydrogens (tertiary/aromatic N) is 3. The fourth-order valence-electron chi connectivity index (χ4n) is 3.58. The number of fused-ring (bicyclic) bond motifs is 1. The largest absolute Gasteiger partial charge is 0.495 e. The summed E-state index contributed by atoms with van der Waals surface area (Å²) >= 11 is 1.28. The molecule has 0 saturated carbocycles. The highest BCUT2D eigenvalue weighted by Crippen LogP contribution is 2.40. The second-order valence-corrected chi connectivity index (χ2v) is 10.9. The molecule has 0 aliphatic heterocycles. The summed E-state index contributed by atoms with van der Waals surface area (Å²) in [4.78, 5) is 23.8. The lowest BCUT2D eigenvalue weighted by molar-refractivity contribution is -0.118. The van der Waals surface area contributed by atoms with Crippen LogP contribution in [-0.4, -0.2) is 44.3 Å². The maximum absolute atomic E-state index is 13.4. The Hall–Kier alpha value is -3.50. The van der Waals surface area contributed by atoms with Crippen LogP contribution in [0, 0.1) is 0 Å². The minimum Gasteiger partial charge on any atom is -0.495 e. The fraction of sp³-hybridized carbons (Fsp3) is 0.240. The Morgan fingerprint density at radius 3 is 2.37 bits per heavy atom. The van der Waals surface area contributed by atoms with Gasteiger partial charge < -0.3 is 9.47 Å². The van der Waals surface area contributed by atoms with Gasteiger partial charge >= 0.3 is 0 Å². The molecule has 35 heavy (non-hydrogen) atoms. The molecule has 2 aromatic heterocycles. The Morgan fingerprint density at radius 2 is 1.69 bits per heavy atom. The molecule has 0 aliphatic carbocycles. The minimum absolute atomic E-state index is 0.114. The quantitative estimate of drug-likeness (QED) is 0.314. The third-order valence-electron chi connectivity index (χ3n) is 5.33. The van der Waals surface area contributed by atoms with Crippen molar-refractivity contribution in [1.82, 2.24) is 9.97 Å². The van der Waals surface area contributed by atoms with E-state index in [0.717, 1.165) is 4.70 Å². The number of carbonyl (C=O) groups is 1. The summed E-state index contributed by atoms with van der Waals surface area (Å²) < 4.78 is 37.0. The molecule has 4 aromatic rings. The van der Waals surface area contributed by atoms with Crippen molar-refractivity contribution in [3.8, 4) is 11.5 Å². The number of anilines is 1. The van der Waals surface area contributed by atoms with Gasteiger partial charge in [-0.1, -0.05) is 47.7 Å². The van der Waals surface area contributed by atoms with Crippen LogP contribution in [0.1, 0.15) is 17.7 Å². The first-order chi connectivity index (χ1) is 16.9. The number of ether oxygens (including phenoxy) is 2. The van der Waals surface area contributed by atoms with Gasteiger partial charge in [-0.05, 0) is 29.8 Å². The molecular weight excluding hydrogens is 486 g/mol. The molecule has 2 heterocycles. The summed E-state index contributed by atoms with van der Waals surface area (Å²) in [5.41, 5.74) is 1.92. The van der Waals surface area contributed by atoms with Crippen molar-refractivity contribution in [2.45, 2.75) is 18.7 Å². The fourth-order valence-corrected chi connectivity index (χ4v) is 6.01. The van der Waals surface area contributed by atoms with Gasteiger partial charge in [-0.3, -0.25) is 14.7 Å². The number of aromatic nitrogens is 2. The van der Waals surface area contributed by atoms with E-state index in [2.05, 4.69) is 9.97 Å². The van der Waals surface area contributed by atoms with Crippen molar-refractivity contribution >= 4 is 42.4 Å². The maximum Gasteiger partial charge on any atom is 0.230 e. The highest BCUT2D eigenvalue weighted by molar-refractivity contribution is 7.90. The second kappa shape index (κ2) is 10.8. The number of amides is 1. The van der Waals surface area contributed by atoms with E-state index < -0.39 is 9.84 Å². The van der Waals surface area contributed by atoms with Crippen molar-refractivity contribution in [3.63, 3.8) is 0 Å². The molecule has 182 valence electrons. The van der Waals surface area contributed by atoms with E-state index in [0.29, 0.717) is 33.4 Å². The molecule has 8 nitrogen and oxygen atoms in total. The zero-order valence-corrected chi connectivity index (χ0v) is 21.0. The van der Waals surface area contributed by atoms with Crippen LogP contribution in [0.3, 0.4) is 0 Å². The number of carbonyl (C=O) groups excluding carboxylic acids is 1. The standard InChI is InChI=1S/C25H25N3O5S2/c1-32-20-11-12-21(33-2)24-23(20)27-25(34-24)28(16-19-10-6-7-14-26-19)22(29)13-15-35(30,31)17-18-8-4-3-5-9-18/h3-12,14H,13,15-17H2,1-2H3. The monoisotopic (exact) mass is 511 g/mol. The number of rotatable bonds is 10. The van der Waals surface area contributed by atoms with Gasteiger partial charge in [0.1, 0.15) is 21.7 Å². The van der Waals surface area contributed by atoms with E-state index in [1.807, 2.05) is 12.1 Å². The van der Waals surface area contributed by atoms with Crippen LogP contribution in [0.4, 0.5) is 5.13 Å². The Balaban J connectivity index is 1.62. The number of hydrogen-bond acceptors (Lipinski definition) is 8. The number of benzene rings is 2. The first kappa shape index (κ1) is 24.6. The normalized spacial score (nSPS) is 11.4. The highest BCUT2D eigenvalue weighted by Gasteiger charge is 2.25. The van der Waals surface area contributed by atoms with Crippen molar-refractivity contribution < 1.29 is 22.7 Å². The van der Waals surface area contributed by atoms with Gasteiger partial charge in [0.15, 0.2) is 15.0 Å². The van der Waals surface area contributed by atoms with Crippen LogP contribution in [0.5, 0.6) is 11.5 Å². The lowest BCUT2D eigenvalue weighted by atomic mass is 10.2. The predicted molar refractivity (Wildman–Crippen MR) is 137 cm³/mol. The van der Waals surface area contributed by atoms with Crippen molar-refractivity contribution in [2.75, 3.05) is 24.9 Å². The van der Waals surface area contributed by atoms with E-state index in [-0.39, 0.29) is 30.4 Å². The average Bonchev–Trinajstić information content (AvgIpc) is 3.31. The van der Waals surface area contributed by atoms with E-state index in [9.17, 15) is 13.2 Å². The van der Waals surface area contributed by atoms with Crippen LogP contribution in [0.25, 0.3) is 10.2 Å². The highest BCUT2D eigenvalue weighted by atomic mass is 32.2. The Bertz CT molecular complexity index is 1370. The predicted octanol–water partition coefficient (Wildman–Crippen LogP) is 4.25. The SMILES string of the molecule is COc1ccc(OC)c2sc(N(Cc3ccccn3)C(=O)CCS(=O)(=O)Cc3ccccc3)nc12. The van der Waals surface area contributed by atoms with E-state index in [1.165, 1.54) is 16.2 Å². The lowest BCUT2D eigenvalue weighted by Gasteiger charge is -2.19. The summed E-state index contributed by atoms with van der Waals surface area (Å²) in [5, 5.41) is 0.416.